The van der Waals surface area contributed by atoms with E-state index in [2.05, 4.69) is 9.97 Å². The van der Waals surface area contributed by atoms with Crippen LogP contribution >= 0.6 is 23.2 Å². The Bertz CT molecular complexity index is 518. The largest absolute Gasteiger partial charge is 0.497 e. The second-order valence-corrected chi connectivity index (χ2v) is 4.20. The summed E-state index contributed by atoms with van der Waals surface area (Å²) in [5.74, 6) is 1.34. The number of benzene rings is 1. The molecule has 1 aromatic heterocycles. The molecule has 0 aliphatic heterocycles. The average Bonchev–Trinajstić information content (AvgIpc) is 2.35. The number of rotatable bonds is 2. The molecule has 2 rings (SSSR count). The smallest absolute Gasteiger partial charge is 0.161 e. The van der Waals surface area contributed by atoms with Gasteiger partial charge in [0.2, 0.25) is 0 Å². The molecule has 0 saturated heterocycles. The van der Waals surface area contributed by atoms with Crippen molar-refractivity contribution in [2.45, 2.75) is 6.92 Å². The van der Waals surface area contributed by atoms with Crippen LogP contribution in [0.3, 0.4) is 0 Å². The predicted octanol–water partition coefficient (Wildman–Crippen LogP) is 3.77. The van der Waals surface area contributed by atoms with Gasteiger partial charge in [-0.2, -0.15) is 0 Å². The van der Waals surface area contributed by atoms with Crippen molar-refractivity contribution in [2.75, 3.05) is 7.11 Å². The van der Waals surface area contributed by atoms with Crippen LogP contribution in [0.4, 0.5) is 0 Å². The van der Waals surface area contributed by atoms with Crippen LogP contribution in [-0.4, -0.2) is 17.1 Å². The number of ether oxygens (including phenoxy) is 1. The van der Waals surface area contributed by atoms with Gasteiger partial charge in [0.05, 0.1) is 17.8 Å². The second-order valence-electron chi connectivity index (χ2n) is 3.47. The molecule has 0 bridgehead atoms. The summed E-state index contributed by atoms with van der Waals surface area (Å²) < 4.78 is 5.08. The fourth-order valence-corrected chi connectivity index (χ4v) is 1.69. The van der Waals surface area contributed by atoms with Crippen LogP contribution in [0.1, 0.15) is 5.69 Å². The van der Waals surface area contributed by atoms with E-state index < -0.39 is 0 Å². The van der Waals surface area contributed by atoms with Gasteiger partial charge in [0.15, 0.2) is 11.0 Å². The maximum absolute atomic E-state index is 5.92. The summed E-state index contributed by atoms with van der Waals surface area (Å²) in [7, 11) is 1.62. The van der Waals surface area contributed by atoms with Gasteiger partial charge in [-0.25, -0.2) is 9.97 Å². The van der Waals surface area contributed by atoms with Gasteiger partial charge in [0.25, 0.3) is 0 Å². The molecule has 0 unspecified atom stereocenters. The topological polar surface area (TPSA) is 35.0 Å². The average molecular weight is 269 g/mol. The first-order chi connectivity index (χ1) is 8.11. The lowest BCUT2D eigenvalue weighted by atomic mass is 10.2. The molecular weight excluding hydrogens is 259 g/mol. The fraction of sp³-hybridized carbons (Fsp3) is 0.167. The molecule has 0 radical (unpaired) electrons. The normalized spacial score (nSPS) is 10.4. The van der Waals surface area contributed by atoms with Gasteiger partial charge in [0, 0.05) is 5.56 Å². The Kier molecular flexibility index (Phi) is 3.50. The Balaban J connectivity index is 2.45. The van der Waals surface area contributed by atoms with Crippen LogP contribution in [0.25, 0.3) is 11.4 Å². The Morgan fingerprint density at radius 3 is 2.24 bits per heavy atom. The molecule has 3 nitrogen and oxygen atoms in total. The van der Waals surface area contributed by atoms with E-state index in [9.17, 15) is 0 Å². The van der Waals surface area contributed by atoms with Crippen LogP contribution in [0.5, 0.6) is 5.75 Å². The van der Waals surface area contributed by atoms with Gasteiger partial charge in [-0.05, 0) is 31.2 Å². The third-order valence-electron chi connectivity index (χ3n) is 2.32. The van der Waals surface area contributed by atoms with Crippen molar-refractivity contribution in [3.8, 4) is 17.1 Å². The number of nitrogens with zero attached hydrogens (tertiary/aromatic N) is 2. The first-order valence-corrected chi connectivity index (χ1v) is 5.71. The van der Waals surface area contributed by atoms with Crippen molar-refractivity contribution < 1.29 is 4.74 Å². The molecule has 2 aromatic rings. The maximum Gasteiger partial charge on any atom is 0.161 e. The number of hydrogen-bond donors (Lipinski definition) is 0. The molecule has 5 heteroatoms. The zero-order valence-corrected chi connectivity index (χ0v) is 10.9. The zero-order valence-electron chi connectivity index (χ0n) is 9.37. The van der Waals surface area contributed by atoms with Crippen molar-refractivity contribution in [3.05, 3.63) is 40.1 Å². The van der Waals surface area contributed by atoms with Crippen molar-refractivity contribution in [3.63, 3.8) is 0 Å². The number of methoxy groups -OCH3 is 1. The number of hydrogen-bond acceptors (Lipinski definition) is 3. The highest BCUT2D eigenvalue weighted by atomic mass is 35.5. The monoisotopic (exact) mass is 268 g/mol. The minimum absolute atomic E-state index is 0.269. The molecule has 1 aromatic carbocycles. The molecule has 0 aliphatic carbocycles. The van der Waals surface area contributed by atoms with E-state index in [4.69, 9.17) is 27.9 Å². The Hall–Kier alpha value is -1.32. The van der Waals surface area contributed by atoms with Gasteiger partial charge < -0.3 is 4.74 Å². The van der Waals surface area contributed by atoms with Gasteiger partial charge >= 0.3 is 0 Å². The molecule has 0 amide bonds. The molecule has 0 fully saturated rings. The highest BCUT2D eigenvalue weighted by Crippen LogP contribution is 2.26. The summed E-state index contributed by atoms with van der Waals surface area (Å²) in [4.78, 5) is 8.43. The van der Waals surface area contributed by atoms with Crippen molar-refractivity contribution in [1.29, 1.82) is 0 Å². The van der Waals surface area contributed by atoms with Gasteiger partial charge in [-0.15, -0.1) is 0 Å². The first kappa shape index (κ1) is 12.1. The SMILES string of the molecule is COc1ccc(-c2nc(C)c(Cl)c(Cl)n2)cc1. The Morgan fingerprint density at radius 1 is 1.06 bits per heavy atom. The molecule has 0 saturated carbocycles. The lowest BCUT2D eigenvalue weighted by Gasteiger charge is -2.05. The highest BCUT2D eigenvalue weighted by Gasteiger charge is 2.09. The van der Waals surface area contributed by atoms with Crippen LogP contribution in [-0.2, 0) is 0 Å². The van der Waals surface area contributed by atoms with Gasteiger partial charge in [0.1, 0.15) is 5.75 Å². The third-order valence-corrected chi connectivity index (χ3v) is 3.15. The molecule has 17 heavy (non-hydrogen) atoms. The molecule has 88 valence electrons. The fourth-order valence-electron chi connectivity index (χ4n) is 1.39. The molecule has 1 heterocycles. The summed E-state index contributed by atoms with van der Waals surface area (Å²) in [6.07, 6.45) is 0. The lowest BCUT2D eigenvalue weighted by molar-refractivity contribution is 0.415. The van der Waals surface area contributed by atoms with E-state index in [0.29, 0.717) is 16.5 Å². The summed E-state index contributed by atoms with van der Waals surface area (Å²) in [6, 6.07) is 7.43. The molecule has 0 N–H and O–H groups in total. The van der Waals surface area contributed by atoms with Crippen molar-refractivity contribution in [1.82, 2.24) is 9.97 Å². The van der Waals surface area contributed by atoms with Crippen LogP contribution in [0.15, 0.2) is 24.3 Å². The molecule has 0 spiro atoms. The van der Waals surface area contributed by atoms with Crippen molar-refractivity contribution in [2.24, 2.45) is 0 Å². The minimum atomic E-state index is 0.269. The summed E-state index contributed by atoms with van der Waals surface area (Å²) in [5.41, 5.74) is 1.53. The van der Waals surface area contributed by atoms with Gasteiger partial charge in [-0.3, -0.25) is 0 Å². The van der Waals surface area contributed by atoms with E-state index in [1.54, 1.807) is 14.0 Å². The number of aromatic nitrogens is 2. The van der Waals surface area contributed by atoms with E-state index in [-0.39, 0.29) is 5.15 Å². The van der Waals surface area contributed by atoms with Crippen molar-refractivity contribution >= 4 is 23.2 Å². The summed E-state index contributed by atoms with van der Waals surface area (Å²) >= 11 is 11.8. The standard InChI is InChI=1S/C12H10Cl2N2O/c1-7-10(13)11(14)16-12(15-7)8-3-5-9(17-2)6-4-8/h3-6H,1-2H3. The van der Waals surface area contributed by atoms with E-state index in [0.717, 1.165) is 11.3 Å². The Labute approximate surface area is 109 Å². The number of halogens is 2. The predicted molar refractivity (Wildman–Crippen MR) is 68.8 cm³/mol. The minimum Gasteiger partial charge on any atom is -0.497 e. The zero-order chi connectivity index (χ0) is 12.4. The summed E-state index contributed by atoms with van der Waals surface area (Å²) in [6.45, 7) is 1.79. The highest BCUT2D eigenvalue weighted by molar-refractivity contribution is 6.41. The number of aryl methyl sites for hydroxylation is 1. The maximum atomic E-state index is 5.92. The lowest BCUT2D eigenvalue weighted by Crippen LogP contribution is -1.94. The van der Waals surface area contributed by atoms with Crippen LogP contribution in [0.2, 0.25) is 10.2 Å². The molecule has 0 atom stereocenters. The molecule has 0 aliphatic rings. The second kappa shape index (κ2) is 4.90. The quantitative estimate of drug-likeness (QED) is 0.778. The molecular formula is C12H10Cl2N2O. The van der Waals surface area contributed by atoms with E-state index in [1.807, 2.05) is 24.3 Å². The first-order valence-electron chi connectivity index (χ1n) is 4.96. The van der Waals surface area contributed by atoms with Crippen LogP contribution < -0.4 is 4.74 Å². The Morgan fingerprint density at radius 2 is 1.71 bits per heavy atom. The van der Waals surface area contributed by atoms with E-state index in [1.165, 1.54) is 0 Å². The van der Waals surface area contributed by atoms with E-state index >= 15 is 0 Å². The van der Waals surface area contributed by atoms with Crippen LogP contribution in [0, 0.1) is 6.92 Å². The summed E-state index contributed by atoms with van der Waals surface area (Å²) in [5, 5.41) is 0.661. The third kappa shape index (κ3) is 2.51. The van der Waals surface area contributed by atoms with Gasteiger partial charge in [-0.1, -0.05) is 23.2 Å².